The molecule has 0 aliphatic carbocycles. The van der Waals surface area contributed by atoms with E-state index in [0.717, 1.165) is 5.56 Å². The molecule has 1 aromatic rings. The van der Waals surface area contributed by atoms with Crippen LogP contribution >= 0.6 is 0 Å². The highest BCUT2D eigenvalue weighted by atomic mass is 16.4. The Balaban J connectivity index is 2.42. The Morgan fingerprint density at radius 3 is 2.43 bits per heavy atom. The fourth-order valence-electron chi connectivity index (χ4n) is 3.31. The Kier molecular flexibility index (Phi) is 3.66. The van der Waals surface area contributed by atoms with Crippen LogP contribution in [0.1, 0.15) is 56.1 Å². The zero-order valence-corrected chi connectivity index (χ0v) is 13.2. The van der Waals surface area contributed by atoms with Gasteiger partial charge in [0.1, 0.15) is 11.5 Å². The largest absolute Gasteiger partial charge is 0.477 e. The average Bonchev–Trinajstić information content (AvgIpc) is 2.36. The summed E-state index contributed by atoms with van der Waals surface area (Å²) in [5.74, 6) is -1.19. The van der Waals surface area contributed by atoms with Gasteiger partial charge in [-0.25, -0.2) is 9.78 Å². The van der Waals surface area contributed by atoms with Crippen molar-refractivity contribution in [1.29, 1.82) is 0 Å². The third kappa shape index (κ3) is 2.58. The maximum Gasteiger partial charge on any atom is 0.354 e. The van der Waals surface area contributed by atoms with E-state index in [2.05, 4.69) is 23.7 Å². The van der Waals surface area contributed by atoms with Crippen LogP contribution in [0.15, 0.2) is 18.3 Å². The molecule has 1 aliphatic rings. The number of aromatic nitrogens is 1. The van der Waals surface area contributed by atoms with Crippen LogP contribution in [0.4, 0.5) is 0 Å². The fraction of sp³-hybridized carbons (Fsp3) is 0.562. The van der Waals surface area contributed by atoms with Crippen molar-refractivity contribution >= 4 is 11.8 Å². The molecule has 2 heterocycles. The minimum atomic E-state index is -1.06. The van der Waals surface area contributed by atoms with Crippen LogP contribution < -0.4 is 0 Å². The van der Waals surface area contributed by atoms with Crippen molar-refractivity contribution in [1.82, 2.24) is 9.88 Å². The molecule has 5 heteroatoms. The van der Waals surface area contributed by atoms with Crippen molar-refractivity contribution in [2.75, 3.05) is 7.05 Å². The summed E-state index contributed by atoms with van der Waals surface area (Å²) in [6.07, 6.45) is 1.98. The molecule has 1 aliphatic heterocycles. The summed E-state index contributed by atoms with van der Waals surface area (Å²) in [6, 6.07) is 3.16. The number of likely N-dealkylation sites (tertiary alicyclic amines) is 1. The van der Waals surface area contributed by atoms with E-state index in [0.29, 0.717) is 6.42 Å². The zero-order valence-electron chi connectivity index (χ0n) is 13.2. The van der Waals surface area contributed by atoms with E-state index in [9.17, 15) is 9.59 Å². The first kappa shape index (κ1) is 15.6. The molecule has 1 N–H and O–H groups in total. The van der Waals surface area contributed by atoms with Gasteiger partial charge in [0.25, 0.3) is 0 Å². The molecular formula is C16H22N2O3. The van der Waals surface area contributed by atoms with Crippen LogP contribution in [0.5, 0.6) is 0 Å². The molecule has 1 unspecified atom stereocenters. The van der Waals surface area contributed by atoms with Gasteiger partial charge >= 0.3 is 5.97 Å². The molecule has 1 aromatic heterocycles. The van der Waals surface area contributed by atoms with Crippen LogP contribution in [0, 0.1) is 0 Å². The van der Waals surface area contributed by atoms with Crippen LogP contribution in [-0.4, -0.2) is 44.9 Å². The Hall–Kier alpha value is -1.75. The number of likely N-dealkylation sites (N-methyl/N-ethyl adjacent to an activating group) is 1. The fourth-order valence-corrected chi connectivity index (χ4v) is 3.31. The number of pyridine rings is 1. The van der Waals surface area contributed by atoms with Crippen molar-refractivity contribution in [2.24, 2.45) is 0 Å². The van der Waals surface area contributed by atoms with E-state index < -0.39 is 5.97 Å². The monoisotopic (exact) mass is 290 g/mol. The molecule has 2 rings (SSSR count). The van der Waals surface area contributed by atoms with Gasteiger partial charge < -0.3 is 5.11 Å². The number of piperidine rings is 1. The number of aromatic carboxylic acids is 1. The van der Waals surface area contributed by atoms with Gasteiger partial charge in [-0.3, -0.25) is 9.69 Å². The summed E-state index contributed by atoms with van der Waals surface area (Å²) in [4.78, 5) is 29.7. The minimum Gasteiger partial charge on any atom is -0.477 e. The molecule has 1 atom stereocenters. The summed E-state index contributed by atoms with van der Waals surface area (Å²) in [5, 5.41) is 8.91. The van der Waals surface area contributed by atoms with Gasteiger partial charge in [0, 0.05) is 23.7 Å². The molecular weight excluding hydrogens is 268 g/mol. The van der Waals surface area contributed by atoms with Crippen LogP contribution in [0.2, 0.25) is 0 Å². The van der Waals surface area contributed by atoms with E-state index in [-0.39, 0.29) is 28.5 Å². The quantitative estimate of drug-likeness (QED) is 0.905. The number of carbonyl (C=O) groups excluding carboxylic acids is 1. The maximum absolute atomic E-state index is 12.6. The van der Waals surface area contributed by atoms with E-state index in [1.54, 1.807) is 6.07 Å². The summed E-state index contributed by atoms with van der Waals surface area (Å²) >= 11 is 0. The molecule has 0 aromatic carbocycles. The lowest BCUT2D eigenvalue weighted by Gasteiger charge is -2.54. The van der Waals surface area contributed by atoms with Crippen LogP contribution in [-0.2, 0) is 4.79 Å². The highest BCUT2D eigenvalue weighted by Gasteiger charge is 2.50. The molecule has 0 bridgehead atoms. The first-order valence-electron chi connectivity index (χ1n) is 7.03. The van der Waals surface area contributed by atoms with Crippen molar-refractivity contribution in [3.8, 4) is 0 Å². The number of carboxylic acid groups (broad SMARTS) is 1. The van der Waals surface area contributed by atoms with Crippen molar-refractivity contribution in [3.63, 3.8) is 0 Å². The number of hydrogen-bond donors (Lipinski definition) is 1. The topological polar surface area (TPSA) is 70.5 Å². The normalized spacial score (nSPS) is 24.8. The van der Waals surface area contributed by atoms with Crippen LogP contribution in [0.25, 0.3) is 0 Å². The Morgan fingerprint density at radius 2 is 1.95 bits per heavy atom. The lowest BCUT2D eigenvalue weighted by atomic mass is 9.69. The molecule has 5 nitrogen and oxygen atoms in total. The Morgan fingerprint density at radius 1 is 1.33 bits per heavy atom. The second-order valence-electron chi connectivity index (χ2n) is 6.88. The van der Waals surface area contributed by atoms with Crippen molar-refractivity contribution < 1.29 is 14.7 Å². The molecule has 0 amide bonds. The predicted molar refractivity (Wildman–Crippen MR) is 79.5 cm³/mol. The van der Waals surface area contributed by atoms with E-state index in [1.807, 2.05) is 20.9 Å². The Bertz CT molecular complexity index is 576. The number of carbonyl (C=O) groups is 2. The Labute approximate surface area is 125 Å². The highest BCUT2D eigenvalue weighted by Crippen LogP contribution is 2.43. The van der Waals surface area contributed by atoms with Gasteiger partial charge in [-0.2, -0.15) is 0 Å². The van der Waals surface area contributed by atoms with E-state index in [1.165, 1.54) is 12.3 Å². The molecule has 1 fully saturated rings. The highest BCUT2D eigenvalue weighted by molar-refractivity contribution is 5.89. The second-order valence-corrected chi connectivity index (χ2v) is 6.88. The van der Waals surface area contributed by atoms with Gasteiger partial charge in [-0.15, -0.1) is 0 Å². The lowest BCUT2D eigenvalue weighted by molar-refractivity contribution is -0.135. The maximum atomic E-state index is 12.6. The van der Waals surface area contributed by atoms with Gasteiger partial charge in [-0.05, 0) is 46.4 Å². The number of rotatable bonds is 2. The number of Topliss-reactive ketones (excluding diaryl/α,β-unsaturated/α-hetero) is 1. The average molecular weight is 290 g/mol. The van der Waals surface area contributed by atoms with Gasteiger partial charge in [0.05, 0.1) is 5.92 Å². The summed E-state index contributed by atoms with van der Waals surface area (Å²) in [5.41, 5.74) is 0.224. The number of hydrogen-bond acceptors (Lipinski definition) is 4. The number of nitrogens with zero attached hydrogens (tertiary/aromatic N) is 2. The third-order valence-electron chi connectivity index (χ3n) is 4.75. The van der Waals surface area contributed by atoms with Crippen molar-refractivity contribution in [2.45, 2.75) is 51.1 Å². The van der Waals surface area contributed by atoms with Gasteiger partial charge in [0.2, 0.25) is 0 Å². The van der Waals surface area contributed by atoms with Gasteiger partial charge in [0.15, 0.2) is 0 Å². The number of ketones is 1. The molecule has 0 saturated carbocycles. The van der Waals surface area contributed by atoms with Crippen molar-refractivity contribution in [3.05, 3.63) is 29.6 Å². The van der Waals surface area contributed by atoms with E-state index in [4.69, 9.17) is 5.11 Å². The minimum absolute atomic E-state index is 0.00602. The zero-order chi connectivity index (χ0) is 16.0. The van der Waals surface area contributed by atoms with Gasteiger partial charge in [-0.1, -0.05) is 6.07 Å². The molecule has 114 valence electrons. The predicted octanol–water partition coefficient (Wildman–Crippen LogP) is 2.33. The molecule has 0 radical (unpaired) electrons. The second kappa shape index (κ2) is 4.91. The number of carboxylic acids is 1. The first-order valence-corrected chi connectivity index (χ1v) is 7.03. The summed E-state index contributed by atoms with van der Waals surface area (Å²) in [7, 11) is 2.03. The summed E-state index contributed by atoms with van der Waals surface area (Å²) < 4.78 is 0. The third-order valence-corrected chi connectivity index (χ3v) is 4.75. The van der Waals surface area contributed by atoms with E-state index >= 15 is 0 Å². The standard InChI is InChI=1S/C16H22N2O3/c1-15(2)8-12(19)13(16(3,4)18(15)5)10-6-7-11(14(20)21)17-9-10/h6-7,9,13H,8H2,1-5H3,(H,20,21). The lowest BCUT2D eigenvalue weighted by Crippen LogP contribution is -2.62. The summed E-state index contributed by atoms with van der Waals surface area (Å²) in [6.45, 7) is 8.21. The SMILES string of the molecule is CN1C(C)(C)CC(=O)C(c2ccc(C(=O)O)nc2)C1(C)C. The molecule has 21 heavy (non-hydrogen) atoms. The first-order chi connectivity index (χ1) is 9.57. The smallest absolute Gasteiger partial charge is 0.354 e. The molecule has 0 spiro atoms. The molecule has 1 saturated heterocycles. The van der Waals surface area contributed by atoms with Crippen LogP contribution in [0.3, 0.4) is 0 Å².